The third kappa shape index (κ3) is 5.95. The zero-order chi connectivity index (χ0) is 15.8. The van der Waals surface area contributed by atoms with Crippen LogP contribution in [0.15, 0.2) is 30.3 Å². The first kappa shape index (κ1) is 16.6. The minimum absolute atomic E-state index is 0.109. The van der Waals surface area contributed by atoms with E-state index in [0.29, 0.717) is 6.54 Å². The second-order valence-corrected chi connectivity index (χ2v) is 5.67. The van der Waals surface area contributed by atoms with E-state index in [2.05, 4.69) is 22.2 Å². The topological polar surface area (TPSA) is 35.6 Å². The van der Waals surface area contributed by atoms with Gasteiger partial charge in [0.1, 0.15) is 5.82 Å². The van der Waals surface area contributed by atoms with Crippen molar-refractivity contribution in [2.45, 2.75) is 6.42 Å². The number of hydrogen-bond donors (Lipinski definition) is 1. The monoisotopic (exact) mass is 305 g/mol. The fourth-order valence-electron chi connectivity index (χ4n) is 2.39. The average molecular weight is 305 g/mol. The Morgan fingerprint density at radius 3 is 2.59 bits per heavy atom. The van der Waals surface area contributed by atoms with Gasteiger partial charge in [0.2, 0.25) is 5.91 Å². The molecule has 22 heavy (non-hydrogen) atoms. The lowest BCUT2D eigenvalue weighted by molar-refractivity contribution is -0.116. The molecule has 0 radical (unpaired) electrons. The van der Waals surface area contributed by atoms with Crippen LogP contribution < -0.4 is 5.32 Å². The molecule has 5 heteroatoms. The SMILES string of the molecule is CN1CCN(CCCNC(=O)C=Cc2ccc(F)cc2)CC1. The van der Waals surface area contributed by atoms with Crippen molar-refractivity contribution in [1.29, 1.82) is 0 Å². The quantitative estimate of drug-likeness (QED) is 0.640. The van der Waals surface area contributed by atoms with Crippen LogP contribution in [0.5, 0.6) is 0 Å². The van der Waals surface area contributed by atoms with Crippen LogP contribution >= 0.6 is 0 Å². The van der Waals surface area contributed by atoms with Gasteiger partial charge in [0.25, 0.3) is 0 Å². The lowest BCUT2D eigenvalue weighted by Crippen LogP contribution is -2.45. The van der Waals surface area contributed by atoms with Gasteiger partial charge in [-0.1, -0.05) is 12.1 Å². The maximum absolute atomic E-state index is 12.8. The zero-order valence-electron chi connectivity index (χ0n) is 13.1. The van der Waals surface area contributed by atoms with E-state index in [9.17, 15) is 9.18 Å². The molecule has 0 unspecified atom stereocenters. The molecule has 1 saturated heterocycles. The maximum atomic E-state index is 12.8. The summed E-state index contributed by atoms with van der Waals surface area (Å²) < 4.78 is 12.8. The predicted molar refractivity (Wildman–Crippen MR) is 87.0 cm³/mol. The summed E-state index contributed by atoms with van der Waals surface area (Å²) in [5, 5.41) is 2.88. The first-order chi connectivity index (χ1) is 10.6. The van der Waals surface area contributed by atoms with Crippen LogP contribution in [-0.2, 0) is 4.79 Å². The number of hydrogen-bond acceptors (Lipinski definition) is 3. The van der Waals surface area contributed by atoms with Crippen molar-refractivity contribution in [3.8, 4) is 0 Å². The van der Waals surface area contributed by atoms with E-state index in [4.69, 9.17) is 0 Å². The number of nitrogens with one attached hydrogen (secondary N) is 1. The smallest absolute Gasteiger partial charge is 0.243 e. The number of carbonyl (C=O) groups excluding carboxylic acids is 1. The summed E-state index contributed by atoms with van der Waals surface area (Å²) >= 11 is 0. The van der Waals surface area contributed by atoms with E-state index >= 15 is 0 Å². The Hall–Kier alpha value is -1.72. The van der Waals surface area contributed by atoms with Crippen LogP contribution in [0.3, 0.4) is 0 Å². The van der Waals surface area contributed by atoms with Crippen molar-refractivity contribution < 1.29 is 9.18 Å². The number of benzene rings is 1. The van der Waals surface area contributed by atoms with Crippen LogP contribution in [0.1, 0.15) is 12.0 Å². The minimum Gasteiger partial charge on any atom is -0.353 e. The first-order valence-corrected chi connectivity index (χ1v) is 7.76. The molecule has 1 aliphatic heterocycles. The Kier molecular flexibility index (Phi) is 6.55. The standard InChI is InChI=1S/C17H24FN3O/c1-20-11-13-21(14-12-20)10-2-9-19-17(22)8-5-15-3-6-16(18)7-4-15/h3-8H,2,9-14H2,1H3,(H,19,22). The maximum Gasteiger partial charge on any atom is 0.243 e. The zero-order valence-corrected chi connectivity index (χ0v) is 13.1. The number of likely N-dealkylation sites (N-methyl/N-ethyl adjacent to an activating group) is 1. The van der Waals surface area contributed by atoms with Gasteiger partial charge in [-0.15, -0.1) is 0 Å². The second-order valence-electron chi connectivity index (χ2n) is 5.67. The Morgan fingerprint density at radius 1 is 1.23 bits per heavy atom. The molecule has 0 saturated carbocycles. The van der Waals surface area contributed by atoms with Gasteiger partial charge < -0.3 is 15.1 Å². The minimum atomic E-state index is -0.273. The lowest BCUT2D eigenvalue weighted by atomic mass is 10.2. The molecule has 0 spiro atoms. The Morgan fingerprint density at radius 2 is 1.91 bits per heavy atom. The van der Waals surface area contributed by atoms with E-state index in [0.717, 1.165) is 44.7 Å². The van der Waals surface area contributed by atoms with Crippen molar-refractivity contribution in [2.75, 3.05) is 46.3 Å². The van der Waals surface area contributed by atoms with Gasteiger partial charge in [0.15, 0.2) is 0 Å². The number of nitrogens with zero attached hydrogens (tertiary/aromatic N) is 2. The molecule has 0 aromatic heterocycles. The van der Waals surface area contributed by atoms with Gasteiger partial charge in [-0.05, 0) is 43.8 Å². The van der Waals surface area contributed by atoms with E-state index < -0.39 is 0 Å². The van der Waals surface area contributed by atoms with Crippen LogP contribution in [0.25, 0.3) is 6.08 Å². The number of amides is 1. The lowest BCUT2D eigenvalue weighted by Gasteiger charge is -2.32. The third-order valence-electron chi connectivity index (χ3n) is 3.84. The first-order valence-electron chi connectivity index (χ1n) is 7.76. The Bertz CT molecular complexity index is 493. The Labute approximate surface area is 131 Å². The molecule has 1 amide bonds. The summed E-state index contributed by atoms with van der Waals surface area (Å²) in [5.41, 5.74) is 0.814. The van der Waals surface area contributed by atoms with Crippen molar-refractivity contribution in [3.05, 3.63) is 41.7 Å². The summed E-state index contributed by atoms with van der Waals surface area (Å²) in [6.07, 6.45) is 4.14. The van der Waals surface area contributed by atoms with Gasteiger partial charge in [0.05, 0.1) is 0 Å². The van der Waals surface area contributed by atoms with Gasteiger partial charge in [-0.25, -0.2) is 4.39 Å². The molecule has 0 aliphatic carbocycles. The normalized spacial score (nSPS) is 17.0. The van der Waals surface area contributed by atoms with E-state index in [-0.39, 0.29) is 11.7 Å². The molecule has 0 bridgehead atoms. The molecule has 1 aromatic carbocycles. The van der Waals surface area contributed by atoms with Crippen molar-refractivity contribution in [1.82, 2.24) is 15.1 Å². The highest BCUT2D eigenvalue weighted by atomic mass is 19.1. The summed E-state index contributed by atoms with van der Waals surface area (Å²) in [7, 11) is 2.14. The van der Waals surface area contributed by atoms with Crippen LogP contribution in [0, 0.1) is 5.82 Å². The highest BCUT2D eigenvalue weighted by molar-refractivity contribution is 5.91. The van der Waals surface area contributed by atoms with Crippen LogP contribution in [0.4, 0.5) is 4.39 Å². The molecule has 2 rings (SSSR count). The van der Waals surface area contributed by atoms with Gasteiger partial charge in [-0.3, -0.25) is 4.79 Å². The number of piperazine rings is 1. The summed E-state index contributed by atoms with van der Waals surface area (Å²) in [5.74, 6) is -0.381. The largest absolute Gasteiger partial charge is 0.353 e. The fourth-order valence-corrected chi connectivity index (χ4v) is 2.39. The van der Waals surface area contributed by atoms with E-state index in [1.807, 2.05) is 0 Å². The van der Waals surface area contributed by atoms with Crippen LogP contribution in [-0.4, -0.2) is 62.0 Å². The molecule has 1 aromatic rings. The molecule has 1 aliphatic rings. The van der Waals surface area contributed by atoms with Crippen molar-refractivity contribution >= 4 is 12.0 Å². The summed E-state index contributed by atoms with van der Waals surface area (Å²) in [4.78, 5) is 16.4. The highest BCUT2D eigenvalue weighted by Gasteiger charge is 2.12. The molecule has 120 valence electrons. The average Bonchev–Trinajstić information content (AvgIpc) is 2.53. The van der Waals surface area contributed by atoms with Crippen molar-refractivity contribution in [3.63, 3.8) is 0 Å². The second kappa shape index (κ2) is 8.66. The Balaban J connectivity index is 1.60. The van der Waals surface area contributed by atoms with Gasteiger partial charge in [-0.2, -0.15) is 0 Å². The molecular formula is C17H24FN3O. The summed E-state index contributed by atoms with van der Waals surface area (Å²) in [6, 6.07) is 6.06. The van der Waals surface area contributed by atoms with Gasteiger partial charge in [0, 0.05) is 38.8 Å². The molecule has 1 N–H and O–H groups in total. The molecule has 4 nitrogen and oxygen atoms in total. The molecular weight excluding hydrogens is 281 g/mol. The van der Waals surface area contributed by atoms with Crippen molar-refractivity contribution in [2.24, 2.45) is 0 Å². The highest BCUT2D eigenvalue weighted by Crippen LogP contribution is 2.04. The third-order valence-corrected chi connectivity index (χ3v) is 3.84. The van der Waals surface area contributed by atoms with Crippen LogP contribution in [0.2, 0.25) is 0 Å². The van der Waals surface area contributed by atoms with E-state index in [1.165, 1.54) is 18.2 Å². The molecule has 1 fully saturated rings. The predicted octanol–water partition coefficient (Wildman–Crippen LogP) is 1.59. The number of rotatable bonds is 6. The number of carbonyl (C=O) groups is 1. The molecule has 1 heterocycles. The van der Waals surface area contributed by atoms with E-state index in [1.54, 1.807) is 18.2 Å². The molecule has 0 atom stereocenters. The summed E-state index contributed by atoms with van der Waals surface area (Å²) in [6.45, 7) is 6.15. The van der Waals surface area contributed by atoms with Gasteiger partial charge >= 0.3 is 0 Å². The fraction of sp³-hybridized carbons (Fsp3) is 0.471. The number of halogens is 1.